The van der Waals surface area contributed by atoms with E-state index in [1.165, 1.54) is 0 Å². The number of carbonyl (C=O) groups excluding carboxylic acids is 2. The van der Waals surface area contributed by atoms with Gasteiger partial charge in [-0.25, -0.2) is 9.59 Å². The molecule has 9 nitrogen and oxygen atoms in total. The molecule has 0 bridgehead atoms. The summed E-state index contributed by atoms with van der Waals surface area (Å²) in [5.41, 5.74) is 5.43. The maximum Gasteiger partial charge on any atom is 0.394 e. The van der Waals surface area contributed by atoms with E-state index < -0.39 is 29.8 Å². The average molecular weight is 313 g/mol. The van der Waals surface area contributed by atoms with E-state index in [-0.39, 0.29) is 10.6 Å². The number of rotatable bonds is 3. The Morgan fingerprint density at radius 2 is 1.95 bits per heavy atom. The van der Waals surface area contributed by atoms with Crippen molar-refractivity contribution < 1.29 is 29.4 Å². The lowest BCUT2D eigenvalue weighted by Crippen LogP contribution is -2.38. The minimum Gasteiger partial charge on any atom is -0.478 e. The number of hydrogen-bond acceptors (Lipinski definition) is 6. The molecule has 1 aromatic heterocycles. The molecule has 0 aromatic carbocycles. The number of nitrogens with one attached hydrogen (secondary N) is 2. The molecule has 0 radical (unpaired) electrons. The Labute approximate surface area is 121 Å². The van der Waals surface area contributed by atoms with Crippen LogP contribution >= 0.6 is 11.3 Å². The number of hydrogen-bond donors (Lipinski definition) is 5. The summed E-state index contributed by atoms with van der Waals surface area (Å²) in [6.45, 7) is 0.351. The first-order valence-corrected chi connectivity index (χ1v) is 6.60. The lowest BCUT2D eigenvalue weighted by atomic mass is 9.99. The van der Waals surface area contributed by atoms with Crippen molar-refractivity contribution in [3.05, 3.63) is 16.0 Å². The highest BCUT2D eigenvalue weighted by molar-refractivity contribution is 7.17. The summed E-state index contributed by atoms with van der Waals surface area (Å²) in [4.78, 5) is 44.9. The quantitative estimate of drug-likeness (QED) is 0.454. The molecule has 1 atom stereocenters. The van der Waals surface area contributed by atoms with Crippen molar-refractivity contribution in [2.45, 2.75) is 12.5 Å². The smallest absolute Gasteiger partial charge is 0.394 e. The van der Waals surface area contributed by atoms with E-state index >= 15 is 0 Å². The van der Waals surface area contributed by atoms with Crippen LogP contribution < -0.4 is 16.4 Å². The molecule has 0 unspecified atom stereocenters. The zero-order valence-electron chi connectivity index (χ0n) is 10.5. The summed E-state index contributed by atoms with van der Waals surface area (Å²) in [5, 5.41) is 22.6. The summed E-state index contributed by atoms with van der Waals surface area (Å²) in [6.07, 6.45) is 0.334. The minimum absolute atomic E-state index is 0.116. The molecule has 1 aliphatic heterocycles. The van der Waals surface area contributed by atoms with Gasteiger partial charge in [-0.15, -0.1) is 11.3 Å². The third-order valence-electron chi connectivity index (χ3n) is 2.94. The minimum atomic E-state index is -1.73. The third kappa shape index (κ3) is 2.71. The number of nitrogens with two attached hydrogens (primary N) is 1. The van der Waals surface area contributed by atoms with Gasteiger partial charge in [0.05, 0.1) is 5.56 Å². The lowest BCUT2D eigenvalue weighted by Gasteiger charge is -2.21. The van der Waals surface area contributed by atoms with Crippen molar-refractivity contribution in [1.29, 1.82) is 0 Å². The first kappa shape index (κ1) is 14.9. The van der Waals surface area contributed by atoms with Gasteiger partial charge >= 0.3 is 17.8 Å². The number of fused-ring (bicyclic) bond motifs is 1. The molecule has 6 N–H and O–H groups in total. The third-order valence-corrected chi connectivity index (χ3v) is 4.16. The largest absolute Gasteiger partial charge is 0.478 e. The van der Waals surface area contributed by atoms with E-state index in [9.17, 15) is 24.3 Å². The van der Waals surface area contributed by atoms with Crippen LogP contribution in [0.4, 0.5) is 5.00 Å². The van der Waals surface area contributed by atoms with E-state index in [4.69, 9.17) is 10.8 Å². The van der Waals surface area contributed by atoms with E-state index in [1.807, 2.05) is 5.32 Å². The monoisotopic (exact) mass is 313 g/mol. The number of carboxylic acids is 2. The Balaban J connectivity index is 2.51. The number of aromatic carboxylic acids is 1. The molecule has 2 heterocycles. The molecule has 0 saturated heterocycles. The highest BCUT2D eigenvalue weighted by atomic mass is 32.1. The zero-order chi connectivity index (χ0) is 15.7. The number of aliphatic carboxylic acids is 1. The van der Waals surface area contributed by atoms with Crippen LogP contribution in [0.1, 0.15) is 26.8 Å². The molecule has 2 rings (SSSR count). The number of thiophene rings is 1. The number of carbonyl (C=O) groups is 4. The predicted octanol–water partition coefficient (Wildman–Crippen LogP) is -0.859. The number of anilines is 1. The summed E-state index contributed by atoms with van der Waals surface area (Å²) in [7, 11) is 0. The standard InChI is InChI=1S/C11H11N3O6S/c12-7(15)5-6-3(1-2-13-5)4(10(17)18)9(21-6)14-8(16)11(19)20/h5,13H,1-2H2,(H2,12,15)(H,14,16)(H,17,18)(H,19,20)/t5-/m0/s1. The highest BCUT2D eigenvalue weighted by Crippen LogP contribution is 2.39. The molecule has 0 spiro atoms. The van der Waals surface area contributed by atoms with Crippen LogP contribution in [0.2, 0.25) is 0 Å². The fourth-order valence-corrected chi connectivity index (χ4v) is 3.42. The van der Waals surface area contributed by atoms with Crippen LogP contribution in [-0.2, 0) is 20.8 Å². The lowest BCUT2D eigenvalue weighted by molar-refractivity contribution is -0.147. The second kappa shape index (κ2) is 5.50. The van der Waals surface area contributed by atoms with Crippen LogP contribution in [0, 0.1) is 0 Å². The van der Waals surface area contributed by atoms with Crippen molar-refractivity contribution in [2.75, 3.05) is 11.9 Å². The van der Waals surface area contributed by atoms with Gasteiger partial charge in [0.25, 0.3) is 0 Å². The highest BCUT2D eigenvalue weighted by Gasteiger charge is 2.33. The van der Waals surface area contributed by atoms with Crippen molar-refractivity contribution in [3.63, 3.8) is 0 Å². The predicted molar refractivity (Wildman–Crippen MR) is 71.2 cm³/mol. The molecule has 0 fully saturated rings. The summed E-state index contributed by atoms with van der Waals surface area (Å²) < 4.78 is 0. The Hall–Kier alpha value is -2.46. The van der Waals surface area contributed by atoms with Gasteiger partial charge in [0, 0.05) is 11.4 Å². The molecule has 1 aliphatic rings. The number of carboxylic acid groups (broad SMARTS) is 2. The maximum absolute atomic E-state index is 11.4. The van der Waals surface area contributed by atoms with E-state index in [2.05, 4.69) is 5.32 Å². The van der Waals surface area contributed by atoms with E-state index in [0.29, 0.717) is 23.4 Å². The van der Waals surface area contributed by atoms with Gasteiger partial charge in [0.2, 0.25) is 5.91 Å². The maximum atomic E-state index is 11.4. The number of primary amides is 1. The van der Waals surface area contributed by atoms with Gasteiger partial charge in [0.1, 0.15) is 11.0 Å². The van der Waals surface area contributed by atoms with Crippen molar-refractivity contribution in [1.82, 2.24) is 5.32 Å². The van der Waals surface area contributed by atoms with E-state index in [1.54, 1.807) is 0 Å². The second-order valence-corrected chi connectivity index (χ2v) is 5.31. The summed E-state index contributed by atoms with van der Waals surface area (Å²) in [5.74, 6) is -5.06. The summed E-state index contributed by atoms with van der Waals surface area (Å²) in [6, 6.07) is -0.854. The Morgan fingerprint density at radius 1 is 1.29 bits per heavy atom. The normalized spacial score (nSPS) is 16.9. The molecule has 1 aromatic rings. The molecule has 21 heavy (non-hydrogen) atoms. The van der Waals surface area contributed by atoms with Crippen molar-refractivity contribution in [2.24, 2.45) is 5.73 Å². The summed E-state index contributed by atoms with van der Waals surface area (Å²) >= 11 is 0.833. The molecule has 10 heteroatoms. The fraction of sp³-hybridized carbons (Fsp3) is 0.273. The van der Waals surface area contributed by atoms with Gasteiger partial charge in [-0.2, -0.15) is 0 Å². The second-order valence-electron chi connectivity index (χ2n) is 4.25. The SMILES string of the molecule is NC(=O)[C@H]1NCCc2c1sc(NC(=O)C(=O)O)c2C(=O)O. The average Bonchev–Trinajstić information content (AvgIpc) is 2.75. The Morgan fingerprint density at radius 3 is 2.48 bits per heavy atom. The molecule has 112 valence electrons. The molecular formula is C11H11N3O6S. The topological polar surface area (TPSA) is 159 Å². The van der Waals surface area contributed by atoms with E-state index in [0.717, 1.165) is 11.3 Å². The van der Waals surface area contributed by atoms with Crippen molar-refractivity contribution >= 4 is 40.1 Å². The number of amides is 2. The van der Waals surface area contributed by atoms with Crippen LogP contribution in [-0.4, -0.2) is 40.5 Å². The van der Waals surface area contributed by atoms with Gasteiger partial charge in [-0.1, -0.05) is 0 Å². The Bertz CT molecular complexity index is 653. The van der Waals surface area contributed by atoms with Crippen LogP contribution in [0.25, 0.3) is 0 Å². The zero-order valence-corrected chi connectivity index (χ0v) is 11.3. The van der Waals surface area contributed by atoms with Crippen LogP contribution in [0.5, 0.6) is 0 Å². The molecular weight excluding hydrogens is 302 g/mol. The molecule has 0 saturated carbocycles. The van der Waals surface area contributed by atoms with Crippen molar-refractivity contribution in [3.8, 4) is 0 Å². The molecule has 0 aliphatic carbocycles. The van der Waals surface area contributed by atoms with Gasteiger partial charge in [-0.3, -0.25) is 9.59 Å². The first-order valence-electron chi connectivity index (χ1n) is 5.78. The van der Waals surface area contributed by atoms with Crippen LogP contribution in [0.3, 0.4) is 0 Å². The Kier molecular flexibility index (Phi) is 3.91. The first-order chi connectivity index (χ1) is 9.82. The van der Waals surface area contributed by atoms with Gasteiger partial charge in [0.15, 0.2) is 0 Å². The van der Waals surface area contributed by atoms with Gasteiger partial charge in [-0.05, 0) is 12.0 Å². The van der Waals surface area contributed by atoms with Gasteiger partial charge < -0.3 is 26.6 Å². The van der Waals surface area contributed by atoms with Crippen LogP contribution in [0.15, 0.2) is 0 Å². The molecule has 2 amide bonds. The fourth-order valence-electron chi connectivity index (χ4n) is 2.10.